The molecule has 156 valence electrons. The van der Waals surface area contributed by atoms with Gasteiger partial charge in [0.1, 0.15) is 17.9 Å². The molecule has 0 aromatic rings. The number of alkyl halides is 1. The second-order valence-corrected chi connectivity index (χ2v) is 10.2. The molecule has 6 heteroatoms. The first-order valence-electron chi connectivity index (χ1n) is 10.4. The van der Waals surface area contributed by atoms with Crippen LogP contribution in [0.3, 0.4) is 0 Å². The first-order chi connectivity index (χ1) is 12.9. The normalized spacial score (nSPS) is 53.1. The number of fused-ring (bicyclic) bond motifs is 5. The molecule has 0 aliphatic heterocycles. The molecule has 28 heavy (non-hydrogen) atoms. The number of rotatable bonds is 2. The number of aliphatic hydroxyl groups is 3. The maximum absolute atomic E-state index is 15.9. The van der Waals surface area contributed by atoms with Gasteiger partial charge in [-0.2, -0.15) is 0 Å². The Morgan fingerprint density at radius 3 is 2.61 bits per heavy atom. The van der Waals surface area contributed by atoms with Crippen LogP contribution < -0.4 is 0 Å². The van der Waals surface area contributed by atoms with E-state index in [1.165, 1.54) is 6.92 Å². The number of hydrogen-bond donors (Lipinski definition) is 3. The molecular formula is C22H31FO5. The molecule has 3 saturated carbocycles. The molecule has 0 saturated heterocycles. The fourth-order valence-electron chi connectivity index (χ4n) is 7.62. The van der Waals surface area contributed by atoms with Gasteiger partial charge in [0.05, 0.1) is 6.10 Å². The summed E-state index contributed by atoms with van der Waals surface area (Å²) in [7, 11) is 0. The molecule has 1 unspecified atom stereocenters. The van der Waals surface area contributed by atoms with E-state index in [1.807, 2.05) is 13.8 Å². The van der Waals surface area contributed by atoms with Gasteiger partial charge in [0.15, 0.2) is 11.6 Å². The number of hydrogen-bond acceptors (Lipinski definition) is 5. The van der Waals surface area contributed by atoms with Crippen LogP contribution in [-0.4, -0.2) is 50.9 Å². The Morgan fingerprint density at radius 2 is 1.96 bits per heavy atom. The summed E-state index contributed by atoms with van der Waals surface area (Å²) in [6, 6.07) is 0. The Morgan fingerprint density at radius 1 is 1.29 bits per heavy atom. The van der Waals surface area contributed by atoms with Crippen LogP contribution in [-0.2, 0) is 9.59 Å². The highest BCUT2D eigenvalue weighted by molar-refractivity contribution is 5.93. The van der Waals surface area contributed by atoms with Crippen molar-refractivity contribution in [3.05, 3.63) is 11.6 Å². The molecule has 4 rings (SSSR count). The van der Waals surface area contributed by atoms with Gasteiger partial charge in [-0.15, -0.1) is 0 Å². The van der Waals surface area contributed by atoms with Crippen molar-refractivity contribution in [3.63, 3.8) is 0 Å². The van der Waals surface area contributed by atoms with Crippen LogP contribution in [0.15, 0.2) is 11.6 Å². The van der Waals surface area contributed by atoms with E-state index in [4.69, 9.17) is 0 Å². The molecule has 4 aliphatic carbocycles. The Balaban J connectivity index is 1.79. The Labute approximate surface area is 165 Å². The van der Waals surface area contributed by atoms with Crippen LogP contribution in [0.5, 0.6) is 0 Å². The molecule has 5 nitrogen and oxygen atoms in total. The molecule has 3 fully saturated rings. The Bertz CT molecular complexity index is 760. The third-order valence-corrected chi connectivity index (χ3v) is 9.22. The molecule has 0 radical (unpaired) electrons. The largest absolute Gasteiger partial charge is 0.393 e. The number of halogens is 1. The first kappa shape index (κ1) is 20.2. The third-order valence-electron chi connectivity index (χ3n) is 9.22. The van der Waals surface area contributed by atoms with Gasteiger partial charge in [0, 0.05) is 23.2 Å². The summed E-state index contributed by atoms with van der Waals surface area (Å²) in [5, 5.41) is 31.8. The highest BCUT2D eigenvalue weighted by Gasteiger charge is 2.70. The molecule has 0 aromatic heterocycles. The van der Waals surface area contributed by atoms with Gasteiger partial charge in [-0.3, -0.25) is 9.59 Å². The van der Waals surface area contributed by atoms with Crippen molar-refractivity contribution in [1.29, 1.82) is 0 Å². The molecule has 0 aromatic carbocycles. The fourth-order valence-corrected chi connectivity index (χ4v) is 7.62. The van der Waals surface area contributed by atoms with E-state index in [-0.39, 0.29) is 42.8 Å². The molecular weight excluding hydrogens is 363 g/mol. The number of carbonyl (C=O) groups is 2. The SMILES string of the molecule is CC1(F)CC(=O)C=C2CC[C@@H]3[C@H]([C@@H](O)C[C@@]4(C)[C@H]3CC[C@]4(O)C(=O)CO)[C@]21C. The van der Waals surface area contributed by atoms with Crippen LogP contribution in [0.1, 0.15) is 59.3 Å². The van der Waals surface area contributed by atoms with Crippen LogP contribution in [0.4, 0.5) is 4.39 Å². The quantitative estimate of drug-likeness (QED) is 0.667. The molecule has 4 aliphatic rings. The first-order valence-corrected chi connectivity index (χ1v) is 10.4. The predicted molar refractivity (Wildman–Crippen MR) is 100 cm³/mol. The van der Waals surface area contributed by atoms with Gasteiger partial charge in [0.2, 0.25) is 0 Å². The van der Waals surface area contributed by atoms with Crippen molar-refractivity contribution in [3.8, 4) is 0 Å². The van der Waals surface area contributed by atoms with E-state index in [9.17, 15) is 24.9 Å². The lowest BCUT2D eigenvalue weighted by Crippen LogP contribution is -2.65. The van der Waals surface area contributed by atoms with Gasteiger partial charge in [0.25, 0.3) is 0 Å². The Kier molecular flexibility index (Phi) is 4.29. The smallest absolute Gasteiger partial charge is 0.190 e. The van der Waals surface area contributed by atoms with Crippen LogP contribution in [0.2, 0.25) is 0 Å². The minimum absolute atomic E-state index is 0.0341. The van der Waals surface area contributed by atoms with E-state index in [2.05, 4.69) is 0 Å². The summed E-state index contributed by atoms with van der Waals surface area (Å²) in [5.74, 6) is -1.23. The topological polar surface area (TPSA) is 94.8 Å². The summed E-state index contributed by atoms with van der Waals surface area (Å²) in [6.07, 6.45) is 2.87. The molecule has 0 bridgehead atoms. The molecule has 3 N–H and O–H groups in total. The molecule has 0 spiro atoms. The number of carbonyl (C=O) groups excluding carboxylic acids is 2. The minimum Gasteiger partial charge on any atom is -0.393 e. The summed E-state index contributed by atoms with van der Waals surface area (Å²) < 4.78 is 15.9. The lowest BCUT2D eigenvalue weighted by molar-refractivity contribution is -0.195. The van der Waals surface area contributed by atoms with Crippen molar-refractivity contribution >= 4 is 11.6 Å². The maximum atomic E-state index is 15.9. The average molecular weight is 394 g/mol. The minimum atomic E-state index is -1.75. The average Bonchev–Trinajstić information content (AvgIpc) is 2.87. The van der Waals surface area contributed by atoms with E-state index >= 15 is 4.39 Å². The van der Waals surface area contributed by atoms with Crippen molar-refractivity contribution in [2.24, 2.45) is 28.6 Å². The number of aliphatic hydroxyl groups excluding tert-OH is 2. The van der Waals surface area contributed by atoms with E-state index < -0.39 is 40.6 Å². The second-order valence-electron chi connectivity index (χ2n) is 10.2. The van der Waals surface area contributed by atoms with Crippen LogP contribution in [0, 0.1) is 28.6 Å². The van der Waals surface area contributed by atoms with Gasteiger partial charge in [-0.1, -0.05) is 19.4 Å². The number of allylic oxidation sites excluding steroid dienone is 1. The lowest BCUT2D eigenvalue weighted by Gasteiger charge is -2.62. The second kappa shape index (κ2) is 5.96. The molecule has 0 amide bonds. The zero-order valence-electron chi connectivity index (χ0n) is 16.9. The van der Waals surface area contributed by atoms with E-state index in [0.29, 0.717) is 19.3 Å². The lowest BCUT2D eigenvalue weighted by atomic mass is 9.43. The maximum Gasteiger partial charge on any atom is 0.190 e. The van der Waals surface area contributed by atoms with Gasteiger partial charge < -0.3 is 15.3 Å². The Hall–Kier alpha value is -1.11. The third kappa shape index (κ3) is 2.23. The number of Topliss-reactive ketones (excluding diaryl/α,β-unsaturated/α-hetero) is 1. The summed E-state index contributed by atoms with van der Waals surface area (Å²) >= 11 is 0. The monoisotopic (exact) mass is 394 g/mol. The van der Waals surface area contributed by atoms with Crippen molar-refractivity contribution in [2.45, 2.75) is 76.7 Å². The van der Waals surface area contributed by atoms with E-state index in [0.717, 1.165) is 5.57 Å². The summed E-state index contributed by atoms with van der Waals surface area (Å²) in [5.41, 5.74) is -4.40. The summed E-state index contributed by atoms with van der Waals surface area (Å²) in [6.45, 7) is 4.43. The van der Waals surface area contributed by atoms with Crippen molar-refractivity contribution in [1.82, 2.24) is 0 Å². The van der Waals surface area contributed by atoms with Gasteiger partial charge in [-0.05, 0) is 56.9 Å². The molecule has 0 heterocycles. The molecule has 8 atom stereocenters. The zero-order chi connectivity index (χ0) is 20.7. The van der Waals surface area contributed by atoms with Gasteiger partial charge in [-0.25, -0.2) is 4.39 Å². The van der Waals surface area contributed by atoms with Gasteiger partial charge >= 0.3 is 0 Å². The van der Waals surface area contributed by atoms with Crippen LogP contribution >= 0.6 is 0 Å². The fraction of sp³-hybridized carbons (Fsp3) is 0.818. The number of ketones is 2. The highest BCUT2D eigenvalue weighted by atomic mass is 19.1. The standard InChI is InChI=1S/C22H31FO5/c1-19-10-16(26)18-14(15(19)6-7-22(19,28)17(27)11-24)5-4-12-8-13(25)9-20(2,23)21(12,18)3/h8,14-16,18,24,26,28H,4-7,9-11H2,1-3H3/t14-,15-,16-,18+,19-,20?,21-,22-/m0/s1. The van der Waals surface area contributed by atoms with Crippen molar-refractivity contribution < 1.29 is 29.3 Å². The van der Waals surface area contributed by atoms with E-state index in [1.54, 1.807) is 6.08 Å². The predicted octanol–water partition coefficient (Wildman–Crippen LogP) is 2.12. The summed E-state index contributed by atoms with van der Waals surface area (Å²) in [4.78, 5) is 24.5. The highest BCUT2D eigenvalue weighted by Crippen LogP contribution is 2.69. The van der Waals surface area contributed by atoms with Crippen LogP contribution in [0.25, 0.3) is 0 Å². The zero-order valence-corrected chi connectivity index (χ0v) is 16.9. The van der Waals surface area contributed by atoms with Crippen molar-refractivity contribution in [2.75, 3.05) is 6.61 Å².